The fourth-order valence-corrected chi connectivity index (χ4v) is 2.64. The predicted molar refractivity (Wildman–Crippen MR) is 123 cm³/mol. The quantitative estimate of drug-likeness (QED) is 0.145. The van der Waals surface area contributed by atoms with Crippen molar-refractivity contribution >= 4 is 17.9 Å². The fraction of sp³-hybridized carbons (Fsp3) is 0.875. The van der Waals surface area contributed by atoms with E-state index in [0.29, 0.717) is 19.3 Å². The van der Waals surface area contributed by atoms with E-state index in [4.69, 9.17) is 15.3 Å². The van der Waals surface area contributed by atoms with Crippen molar-refractivity contribution < 1.29 is 69.6 Å². The van der Waals surface area contributed by atoms with Crippen LogP contribution in [0.25, 0.3) is 0 Å². The van der Waals surface area contributed by atoms with Crippen molar-refractivity contribution in [2.45, 2.75) is 136 Å². The van der Waals surface area contributed by atoms with Crippen LogP contribution in [0.4, 0.5) is 0 Å². The van der Waals surface area contributed by atoms with Crippen molar-refractivity contribution in [2.24, 2.45) is 0 Å². The summed E-state index contributed by atoms with van der Waals surface area (Å²) in [5, 5.41) is 24.8. The van der Waals surface area contributed by atoms with E-state index in [1.165, 1.54) is 57.8 Å². The first-order valence-corrected chi connectivity index (χ1v) is 12.0. The van der Waals surface area contributed by atoms with Crippen molar-refractivity contribution in [3.05, 3.63) is 0 Å². The van der Waals surface area contributed by atoms with E-state index in [9.17, 15) is 14.4 Å². The Morgan fingerprint density at radius 3 is 0.774 bits per heavy atom. The smallest absolute Gasteiger partial charge is 0.303 e. The van der Waals surface area contributed by atoms with E-state index in [1.54, 1.807) is 0 Å². The van der Waals surface area contributed by atoms with E-state index in [-0.39, 0.29) is 39.9 Å². The van der Waals surface area contributed by atoms with Gasteiger partial charge in [0.25, 0.3) is 0 Å². The standard InChI is InChI=1S/3C8H16O2.Gd/c3*1-2-3-4-5-6-7-8(9)10;/h3*2-7H2,1H3,(H,9,10);. The summed E-state index contributed by atoms with van der Waals surface area (Å²) in [6, 6.07) is 0. The van der Waals surface area contributed by atoms with Crippen LogP contribution in [0.2, 0.25) is 0 Å². The normalized spacial score (nSPS) is 9.39. The monoisotopic (exact) mass is 590 g/mol. The molecule has 7 heteroatoms. The summed E-state index contributed by atoms with van der Waals surface area (Å²) in [6.07, 6.45) is 17.7. The summed E-state index contributed by atoms with van der Waals surface area (Å²) < 4.78 is 0. The fourth-order valence-electron chi connectivity index (χ4n) is 2.64. The van der Waals surface area contributed by atoms with E-state index in [0.717, 1.165) is 38.5 Å². The van der Waals surface area contributed by atoms with Gasteiger partial charge in [0.15, 0.2) is 0 Å². The average molecular weight is 590 g/mol. The first-order chi connectivity index (χ1) is 14.3. The summed E-state index contributed by atoms with van der Waals surface area (Å²) >= 11 is 0. The number of hydrogen-bond acceptors (Lipinski definition) is 3. The second-order valence-corrected chi connectivity index (χ2v) is 7.67. The van der Waals surface area contributed by atoms with Gasteiger partial charge in [0.1, 0.15) is 0 Å². The molecule has 3 N–H and O–H groups in total. The van der Waals surface area contributed by atoms with Crippen molar-refractivity contribution in [3.63, 3.8) is 0 Å². The van der Waals surface area contributed by atoms with Crippen LogP contribution in [0.1, 0.15) is 136 Å². The average Bonchev–Trinajstić information content (AvgIpc) is 2.68. The van der Waals surface area contributed by atoms with E-state index in [2.05, 4.69) is 20.8 Å². The van der Waals surface area contributed by atoms with E-state index >= 15 is 0 Å². The van der Waals surface area contributed by atoms with Crippen LogP contribution in [0.3, 0.4) is 0 Å². The molecule has 0 aromatic heterocycles. The Hall–Kier alpha value is -0.265. The number of carboxylic acid groups (broad SMARTS) is 3. The van der Waals surface area contributed by atoms with Gasteiger partial charge in [-0.1, -0.05) is 97.8 Å². The van der Waals surface area contributed by atoms with Gasteiger partial charge in [0, 0.05) is 59.2 Å². The van der Waals surface area contributed by atoms with Gasteiger partial charge in [-0.2, -0.15) is 0 Å². The van der Waals surface area contributed by atoms with Crippen LogP contribution in [-0.4, -0.2) is 33.2 Å². The van der Waals surface area contributed by atoms with E-state index < -0.39 is 17.9 Å². The Morgan fingerprint density at radius 1 is 0.419 bits per heavy atom. The number of carbonyl (C=O) groups is 3. The molecule has 0 aliphatic heterocycles. The molecule has 0 bridgehead atoms. The maximum Gasteiger partial charge on any atom is 0.303 e. The molecule has 0 aromatic rings. The van der Waals surface area contributed by atoms with Crippen LogP contribution < -0.4 is 0 Å². The van der Waals surface area contributed by atoms with Crippen LogP contribution in [0.5, 0.6) is 0 Å². The molecular weight excluding hydrogens is 542 g/mol. The van der Waals surface area contributed by atoms with Crippen LogP contribution >= 0.6 is 0 Å². The van der Waals surface area contributed by atoms with Gasteiger partial charge >= 0.3 is 17.9 Å². The largest absolute Gasteiger partial charge is 0.481 e. The van der Waals surface area contributed by atoms with Gasteiger partial charge in [0.05, 0.1) is 0 Å². The molecule has 0 fully saturated rings. The first-order valence-electron chi connectivity index (χ1n) is 12.0. The molecule has 0 unspecified atom stereocenters. The van der Waals surface area contributed by atoms with Crippen molar-refractivity contribution in [1.82, 2.24) is 0 Å². The summed E-state index contributed by atoms with van der Waals surface area (Å²) in [6.45, 7) is 6.45. The molecular formula is C24H48GdO6. The minimum Gasteiger partial charge on any atom is -0.481 e. The number of hydrogen-bond donors (Lipinski definition) is 3. The molecule has 188 valence electrons. The Morgan fingerprint density at radius 2 is 0.613 bits per heavy atom. The van der Waals surface area contributed by atoms with E-state index in [1.807, 2.05) is 0 Å². The predicted octanol–water partition coefficient (Wildman–Crippen LogP) is 7.29. The minimum atomic E-state index is -0.670. The van der Waals surface area contributed by atoms with Gasteiger partial charge in [-0.15, -0.1) is 0 Å². The van der Waals surface area contributed by atoms with Gasteiger partial charge in [-0.05, 0) is 19.3 Å². The van der Waals surface area contributed by atoms with Crippen LogP contribution in [-0.2, 0) is 14.4 Å². The topological polar surface area (TPSA) is 112 Å². The number of rotatable bonds is 18. The zero-order valence-corrected chi connectivity index (χ0v) is 22.4. The van der Waals surface area contributed by atoms with Gasteiger partial charge in [-0.3, -0.25) is 14.4 Å². The molecule has 0 atom stereocenters. The maximum absolute atomic E-state index is 10.0. The van der Waals surface area contributed by atoms with Crippen LogP contribution in [0, 0.1) is 39.9 Å². The Labute approximate surface area is 222 Å². The Bertz CT molecular complexity index is 331. The number of aliphatic carboxylic acids is 3. The molecule has 31 heavy (non-hydrogen) atoms. The first kappa shape index (κ1) is 38.0. The summed E-state index contributed by atoms with van der Waals surface area (Å²) in [7, 11) is 0. The number of unbranched alkanes of at least 4 members (excludes halogenated alkanes) is 12. The summed E-state index contributed by atoms with van der Waals surface area (Å²) in [5.74, 6) is -2.01. The van der Waals surface area contributed by atoms with Crippen molar-refractivity contribution in [1.29, 1.82) is 0 Å². The molecule has 0 heterocycles. The molecule has 0 spiro atoms. The third kappa shape index (κ3) is 53.2. The van der Waals surface area contributed by atoms with Crippen molar-refractivity contribution in [2.75, 3.05) is 0 Å². The molecule has 0 aromatic carbocycles. The maximum atomic E-state index is 10.0. The van der Waals surface area contributed by atoms with Gasteiger partial charge in [0.2, 0.25) is 0 Å². The molecule has 0 aliphatic rings. The third-order valence-corrected chi connectivity index (χ3v) is 4.48. The SMILES string of the molecule is CCCCCCCC(=O)O.CCCCCCCC(=O)O.CCCCCCCC(=O)O.[Gd]. The number of carboxylic acids is 3. The molecule has 6 nitrogen and oxygen atoms in total. The third-order valence-electron chi connectivity index (χ3n) is 4.48. The second-order valence-electron chi connectivity index (χ2n) is 7.67. The molecule has 0 radical (unpaired) electrons. The minimum absolute atomic E-state index is 0. The van der Waals surface area contributed by atoms with Gasteiger partial charge < -0.3 is 15.3 Å². The molecule has 0 amide bonds. The van der Waals surface area contributed by atoms with Crippen LogP contribution in [0.15, 0.2) is 0 Å². The molecule has 0 saturated heterocycles. The zero-order valence-electron chi connectivity index (χ0n) is 20.1. The Balaban J connectivity index is -0.000000174. The summed E-state index contributed by atoms with van der Waals surface area (Å²) in [4.78, 5) is 30.1. The van der Waals surface area contributed by atoms with Crippen molar-refractivity contribution in [3.8, 4) is 0 Å². The molecule has 0 saturated carbocycles. The molecule has 0 aliphatic carbocycles. The molecule has 0 rings (SSSR count). The Kier molecular flexibility index (Phi) is 42.1. The second kappa shape index (κ2) is 34.3. The zero-order chi connectivity index (χ0) is 23.5. The van der Waals surface area contributed by atoms with Gasteiger partial charge in [-0.25, -0.2) is 0 Å². The summed E-state index contributed by atoms with van der Waals surface area (Å²) in [5.41, 5.74) is 0.